The molecule has 0 atom stereocenters. The zero-order chi connectivity index (χ0) is 15.4. The summed E-state index contributed by atoms with van der Waals surface area (Å²) in [6.07, 6.45) is 5.63. The summed E-state index contributed by atoms with van der Waals surface area (Å²) in [6.45, 7) is 0. The van der Waals surface area contributed by atoms with Gasteiger partial charge < -0.3 is 4.57 Å². The van der Waals surface area contributed by atoms with Crippen LogP contribution >= 0.6 is 7.14 Å². The topological polar surface area (TPSA) is 17.1 Å². The van der Waals surface area contributed by atoms with Crippen molar-refractivity contribution in [2.45, 2.75) is 0 Å². The van der Waals surface area contributed by atoms with Crippen molar-refractivity contribution < 1.29 is 4.57 Å². The predicted molar refractivity (Wildman–Crippen MR) is 93.8 cm³/mol. The average molecular weight is 302 g/mol. The predicted octanol–water partition coefficient (Wildman–Crippen LogP) is 3.31. The van der Waals surface area contributed by atoms with Gasteiger partial charge in [-0.2, -0.15) is 0 Å². The minimum Gasteiger partial charge on any atom is -0.309 e. The molecule has 2 heteroatoms. The molecule has 0 aliphatic heterocycles. The SMILES string of the molecule is C#Cc1ccccc1P(=O)(c1ccccc1)c1ccccc1. The lowest BCUT2D eigenvalue weighted by atomic mass is 10.2. The first-order chi connectivity index (χ1) is 10.8. The van der Waals surface area contributed by atoms with Crippen LogP contribution < -0.4 is 15.9 Å². The van der Waals surface area contributed by atoms with Gasteiger partial charge in [0.05, 0.1) is 0 Å². The standard InChI is InChI=1S/C20H15OP/c1-2-17-11-9-10-16-20(17)22(21,18-12-5-3-6-13-18)19-14-7-4-8-15-19/h1,3-16H. The largest absolute Gasteiger partial charge is 0.309 e. The van der Waals surface area contributed by atoms with Crippen LogP contribution in [0.25, 0.3) is 0 Å². The van der Waals surface area contributed by atoms with Gasteiger partial charge in [0.1, 0.15) is 0 Å². The molecule has 0 saturated carbocycles. The highest BCUT2D eigenvalue weighted by Crippen LogP contribution is 2.43. The Hall–Kier alpha value is -2.55. The third kappa shape index (κ3) is 2.39. The Morgan fingerprint density at radius 3 is 1.64 bits per heavy atom. The molecule has 0 spiro atoms. The Morgan fingerprint density at radius 2 is 1.14 bits per heavy atom. The molecule has 1 nitrogen and oxygen atoms in total. The van der Waals surface area contributed by atoms with Gasteiger partial charge in [0.25, 0.3) is 0 Å². The van der Waals surface area contributed by atoms with Gasteiger partial charge in [0.2, 0.25) is 0 Å². The van der Waals surface area contributed by atoms with Crippen LogP contribution in [0.15, 0.2) is 84.9 Å². The van der Waals surface area contributed by atoms with E-state index in [1.807, 2.05) is 84.9 Å². The Bertz CT molecular complexity index is 817. The van der Waals surface area contributed by atoms with Crippen molar-refractivity contribution in [2.75, 3.05) is 0 Å². The van der Waals surface area contributed by atoms with Crippen molar-refractivity contribution in [2.24, 2.45) is 0 Å². The van der Waals surface area contributed by atoms with Gasteiger partial charge in [-0.15, -0.1) is 6.42 Å². The Morgan fingerprint density at radius 1 is 0.682 bits per heavy atom. The van der Waals surface area contributed by atoms with E-state index in [2.05, 4.69) is 5.92 Å². The van der Waals surface area contributed by atoms with Gasteiger partial charge in [-0.1, -0.05) is 78.7 Å². The van der Waals surface area contributed by atoms with E-state index in [4.69, 9.17) is 6.42 Å². The van der Waals surface area contributed by atoms with E-state index in [0.29, 0.717) is 5.56 Å². The maximum absolute atomic E-state index is 14.1. The Kier molecular flexibility index (Phi) is 3.96. The van der Waals surface area contributed by atoms with Crippen LogP contribution in [0, 0.1) is 12.3 Å². The number of rotatable bonds is 3. The molecular formula is C20H15OP. The van der Waals surface area contributed by atoms with Crippen molar-refractivity contribution in [1.82, 2.24) is 0 Å². The monoisotopic (exact) mass is 302 g/mol. The summed E-state index contributed by atoms with van der Waals surface area (Å²) in [5.74, 6) is 2.67. The lowest BCUT2D eigenvalue weighted by molar-refractivity contribution is 0.592. The quantitative estimate of drug-likeness (QED) is 0.536. The molecule has 0 amide bonds. The van der Waals surface area contributed by atoms with Crippen LogP contribution in [-0.2, 0) is 4.57 Å². The highest BCUT2D eigenvalue weighted by Gasteiger charge is 2.31. The van der Waals surface area contributed by atoms with Crippen LogP contribution in [0.5, 0.6) is 0 Å². The fraction of sp³-hybridized carbons (Fsp3) is 0. The number of hydrogen-bond donors (Lipinski definition) is 0. The highest BCUT2D eigenvalue weighted by molar-refractivity contribution is 7.85. The first-order valence-corrected chi connectivity index (χ1v) is 8.75. The molecular weight excluding hydrogens is 287 g/mol. The van der Waals surface area contributed by atoms with Crippen LogP contribution in [0.1, 0.15) is 5.56 Å². The van der Waals surface area contributed by atoms with E-state index in [1.165, 1.54) is 0 Å². The summed E-state index contributed by atoms with van der Waals surface area (Å²) >= 11 is 0. The Balaban J connectivity index is 2.35. The molecule has 0 fully saturated rings. The van der Waals surface area contributed by atoms with E-state index in [1.54, 1.807) is 0 Å². The van der Waals surface area contributed by atoms with E-state index >= 15 is 0 Å². The maximum atomic E-state index is 14.1. The molecule has 106 valence electrons. The molecule has 0 aliphatic carbocycles. The van der Waals surface area contributed by atoms with Gasteiger partial charge in [-0.05, 0) is 12.1 Å². The zero-order valence-electron chi connectivity index (χ0n) is 12.0. The van der Waals surface area contributed by atoms with Gasteiger partial charge in [0, 0.05) is 21.5 Å². The van der Waals surface area contributed by atoms with Gasteiger partial charge in [-0.3, -0.25) is 0 Å². The first kappa shape index (κ1) is 14.4. The van der Waals surface area contributed by atoms with Crippen molar-refractivity contribution in [3.63, 3.8) is 0 Å². The molecule has 3 aromatic rings. The molecule has 0 unspecified atom stereocenters. The summed E-state index contributed by atoms with van der Waals surface area (Å²) in [6, 6.07) is 26.6. The molecule has 3 rings (SSSR count). The number of hydrogen-bond acceptors (Lipinski definition) is 1. The van der Waals surface area contributed by atoms with E-state index in [-0.39, 0.29) is 0 Å². The number of benzene rings is 3. The second kappa shape index (κ2) is 6.06. The van der Waals surface area contributed by atoms with Gasteiger partial charge in [0.15, 0.2) is 7.14 Å². The molecule has 22 heavy (non-hydrogen) atoms. The summed E-state index contributed by atoms with van der Waals surface area (Å²) < 4.78 is 14.1. The normalized spacial score (nSPS) is 10.9. The average Bonchev–Trinajstić information content (AvgIpc) is 2.62. The third-order valence-corrected chi connectivity index (χ3v) is 6.76. The molecule has 0 radical (unpaired) electrons. The minimum atomic E-state index is -2.97. The minimum absolute atomic E-state index is 0.679. The smallest absolute Gasteiger partial charge is 0.172 e. The van der Waals surface area contributed by atoms with Crippen LogP contribution in [-0.4, -0.2) is 0 Å². The van der Waals surface area contributed by atoms with Gasteiger partial charge in [-0.25, -0.2) is 0 Å². The number of terminal acetylenes is 1. The lowest BCUT2D eigenvalue weighted by Gasteiger charge is -2.21. The van der Waals surface area contributed by atoms with Gasteiger partial charge >= 0.3 is 0 Å². The van der Waals surface area contributed by atoms with Crippen molar-refractivity contribution in [1.29, 1.82) is 0 Å². The van der Waals surface area contributed by atoms with Crippen molar-refractivity contribution in [3.05, 3.63) is 90.5 Å². The van der Waals surface area contributed by atoms with Crippen LogP contribution in [0.4, 0.5) is 0 Å². The third-order valence-electron chi connectivity index (χ3n) is 3.64. The van der Waals surface area contributed by atoms with E-state index in [0.717, 1.165) is 15.9 Å². The summed E-state index contributed by atoms with van der Waals surface area (Å²) in [5.41, 5.74) is 0.679. The first-order valence-electron chi connectivity index (χ1n) is 7.04. The maximum Gasteiger partial charge on any atom is 0.172 e. The zero-order valence-corrected chi connectivity index (χ0v) is 12.9. The second-order valence-electron chi connectivity index (χ2n) is 4.94. The molecule has 0 N–H and O–H groups in total. The van der Waals surface area contributed by atoms with Crippen molar-refractivity contribution in [3.8, 4) is 12.3 Å². The van der Waals surface area contributed by atoms with E-state index in [9.17, 15) is 4.57 Å². The highest BCUT2D eigenvalue weighted by atomic mass is 31.2. The second-order valence-corrected chi connectivity index (χ2v) is 7.68. The Labute approximate surface area is 131 Å². The summed E-state index contributed by atoms with van der Waals surface area (Å²) in [7, 11) is -2.97. The molecule has 3 aromatic carbocycles. The molecule has 0 bridgehead atoms. The molecule has 0 aromatic heterocycles. The van der Waals surface area contributed by atoms with E-state index < -0.39 is 7.14 Å². The fourth-order valence-corrected chi connectivity index (χ4v) is 5.39. The molecule has 0 saturated heterocycles. The van der Waals surface area contributed by atoms with Crippen LogP contribution in [0.2, 0.25) is 0 Å². The fourth-order valence-electron chi connectivity index (χ4n) is 2.57. The summed E-state index contributed by atoms with van der Waals surface area (Å²) in [5, 5.41) is 2.31. The summed E-state index contributed by atoms with van der Waals surface area (Å²) in [4.78, 5) is 0. The van der Waals surface area contributed by atoms with Crippen LogP contribution in [0.3, 0.4) is 0 Å². The lowest BCUT2D eigenvalue weighted by Crippen LogP contribution is -2.26. The molecule has 0 heterocycles. The van der Waals surface area contributed by atoms with Crippen molar-refractivity contribution >= 4 is 23.1 Å². The molecule has 0 aliphatic rings.